The smallest absolute Gasteiger partial charge is 0.258 e. The van der Waals surface area contributed by atoms with Crippen LogP contribution in [0.1, 0.15) is 65.0 Å². The van der Waals surface area contributed by atoms with E-state index in [-0.39, 0.29) is 18.0 Å². The number of rotatable bonds is 3. The highest BCUT2D eigenvalue weighted by Gasteiger charge is 2.47. The van der Waals surface area contributed by atoms with Gasteiger partial charge >= 0.3 is 0 Å². The van der Waals surface area contributed by atoms with Crippen molar-refractivity contribution in [2.45, 2.75) is 50.1 Å². The molecule has 2 atom stereocenters. The third-order valence-corrected chi connectivity index (χ3v) is 7.04. The molecular weight excluding hydrogens is 400 g/mol. The number of hydrogen-bond donors (Lipinski definition) is 0. The number of halogens is 2. The fraction of sp³-hybridized carbons (Fsp3) is 0.435. The molecule has 1 saturated heterocycles. The van der Waals surface area contributed by atoms with Gasteiger partial charge in [0.15, 0.2) is 11.6 Å². The summed E-state index contributed by atoms with van der Waals surface area (Å²) >= 11 is 0. The van der Waals surface area contributed by atoms with Gasteiger partial charge in [0, 0.05) is 37.2 Å². The zero-order valence-electron chi connectivity index (χ0n) is 17.5. The van der Waals surface area contributed by atoms with E-state index in [2.05, 4.69) is 5.10 Å². The Labute approximate surface area is 178 Å². The maximum atomic E-state index is 13.9. The van der Waals surface area contributed by atoms with Crippen molar-refractivity contribution in [3.05, 3.63) is 58.5 Å². The van der Waals surface area contributed by atoms with Crippen molar-refractivity contribution in [2.24, 2.45) is 14.1 Å². The van der Waals surface area contributed by atoms with Crippen molar-refractivity contribution in [3.8, 4) is 11.3 Å². The average Bonchev–Trinajstić information content (AvgIpc) is 3.30. The highest BCUT2D eigenvalue weighted by atomic mass is 19.2. The Kier molecular flexibility index (Phi) is 3.91. The summed E-state index contributed by atoms with van der Waals surface area (Å²) in [6.45, 7) is 0. The lowest BCUT2D eigenvalue weighted by atomic mass is 9.94. The Bertz CT molecular complexity index is 1230. The van der Waals surface area contributed by atoms with Gasteiger partial charge in [-0.2, -0.15) is 10.2 Å². The van der Waals surface area contributed by atoms with Crippen molar-refractivity contribution in [2.75, 3.05) is 0 Å². The van der Waals surface area contributed by atoms with Gasteiger partial charge in [-0.15, -0.1) is 0 Å². The molecule has 160 valence electrons. The Morgan fingerprint density at radius 3 is 2.61 bits per heavy atom. The zero-order chi connectivity index (χ0) is 21.4. The molecule has 2 aromatic heterocycles. The average molecular weight is 423 g/mol. The topological polar surface area (TPSA) is 56.0 Å². The molecule has 1 saturated carbocycles. The Balaban J connectivity index is 1.40. The van der Waals surface area contributed by atoms with Crippen LogP contribution >= 0.6 is 0 Å². The number of nitrogens with zero attached hydrogens (tertiary/aromatic N) is 5. The number of hydrogen-bond acceptors (Lipinski definition) is 3. The van der Waals surface area contributed by atoms with Gasteiger partial charge in [-0.3, -0.25) is 14.2 Å². The normalized spacial score (nSPS) is 22.1. The SMILES string of the molecule is Cn1nc2c(c1-c1ccc(F)c(F)c1)C[C@H]1CC[C@@H]2N1C(=O)c1cnn(C)c1C1CC1. The summed E-state index contributed by atoms with van der Waals surface area (Å²) in [5, 5.41) is 9.11. The van der Waals surface area contributed by atoms with Crippen LogP contribution in [-0.4, -0.2) is 36.4 Å². The maximum absolute atomic E-state index is 13.9. The van der Waals surface area contributed by atoms with Gasteiger partial charge in [-0.25, -0.2) is 8.78 Å². The van der Waals surface area contributed by atoms with Crippen LogP contribution in [0.2, 0.25) is 0 Å². The van der Waals surface area contributed by atoms with Crippen molar-refractivity contribution in [1.29, 1.82) is 0 Å². The second kappa shape index (κ2) is 6.48. The first-order valence-electron chi connectivity index (χ1n) is 10.8. The molecule has 4 heterocycles. The number of aryl methyl sites for hydroxylation is 2. The van der Waals surface area contributed by atoms with Gasteiger partial charge in [0.2, 0.25) is 0 Å². The molecule has 2 bridgehead atoms. The van der Waals surface area contributed by atoms with E-state index >= 15 is 0 Å². The van der Waals surface area contributed by atoms with E-state index in [1.165, 1.54) is 6.07 Å². The summed E-state index contributed by atoms with van der Waals surface area (Å²) in [6, 6.07) is 3.94. The minimum Gasteiger partial charge on any atom is -0.327 e. The highest BCUT2D eigenvalue weighted by Crippen LogP contribution is 2.48. The molecule has 0 unspecified atom stereocenters. The molecule has 6 nitrogen and oxygen atoms in total. The molecule has 2 fully saturated rings. The molecule has 1 aromatic carbocycles. The molecular formula is C23H23F2N5O. The van der Waals surface area contributed by atoms with Crippen LogP contribution in [0.25, 0.3) is 11.3 Å². The Morgan fingerprint density at radius 2 is 1.87 bits per heavy atom. The summed E-state index contributed by atoms with van der Waals surface area (Å²) in [5.74, 6) is -1.26. The Morgan fingerprint density at radius 1 is 1.06 bits per heavy atom. The predicted molar refractivity (Wildman–Crippen MR) is 109 cm³/mol. The van der Waals surface area contributed by atoms with Crippen LogP contribution in [0.4, 0.5) is 8.78 Å². The lowest BCUT2D eigenvalue weighted by molar-refractivity contribution is 0.0641. The van der Waals surface area contributed by atoms with Crippen LogP contribution in [0.5, 0.6) is 0 Å². The van der Waals surface area contributed by atoms with Gasteiger partial charge in [-0.1, -0.05) is 0 Å². The maximum Gasteiger partial charge on any atom is 0.258 e. The van der Waals surface area contributed by atoms with Crippen LogP contribution in [0.3, 0.4) is 0 Å². The largest absolute Gasteiger partial charge is 0.327 e. The third-order valence-electron chi connectivity index (χ3n) is 7.04. The predicted octanol–water partition coefficient (Wildman–Crippen LogP) is 3.88. The van der Waals surface area contributed by atoms with Crippen LogP contribution in [0, 0.1) is 11.6 Å². The standard InChI is InChI=1S/C23H23F2N5O/c1-28-21(12-3-4-12)16(11-26-28)23(31)30-14-6-8-19(30)20-15(10-14)22(29(2)27-20)13-5-7-17(24)18(25)9-13/h5,7,9,11-12,14,19H,3-4,6,8,10H2,1-2H3/t14-,19+/m1/s1. The molecule has 6 rings (SSSR count). The number of amides is 1. The number of carbonyl (C=O) groups is 1. The molecule has 0 radical (unpaired) electrons. The Hall–Kier alpha value is -3.03. The van der Waals surface area contributed by atoms with Crippen molar-refractivity contribution in [1.82, 2.24) is 24.5 Å². The van der Waals surface area contributed by atoms with E-state index < -0.39 is 11.6 Å². The number of fused-ring (bicyclic) bond motifs is 4. The van der Waals surface area contributed by atoms with E-state index in [9.17, 15) is 13.6 Å². The summed E-state index contributed by atoms with van der Waals surface area (Å²) in [7, 11) is 3.72. The monoisotopic (exact) mass is 423 g/mol. The molecule has 3 aliphatic rings. The minimum absolute atomic E-state index is 0.0354. The molecule has 2 aliphatic heterocycles. The summed E-state index contributed by atoms with van der Waals surface area (Å²) in [4.78, 5) is 15.6. The lowest BCUT2D eigenvalue weighted by Crippen LogP contribution is -2.42. The molecule has 31 heavy (non-hydrogen) atoms. The van der Waals surface area contributed by atoms with Crippen molar-refractivity contribution < 1.29 is 13.6 Å². The molecule has 0 N–H and O–H groups in total. The second-order valence-electron chi connectivity index (χ2n) is 8.97. The van der Waals surface area contributed by atoms with Gasteiger partial charge in [0.05, 0.1) is 34.9 Å². The van der Waals surface area contributed by atoms with E-state index in [4.69, 9.17) is 5.10 Å². The van der Waals surface area contributed by atoms with E-state index in [1.54, 1.807) is 16.9 Å². The first-order chi connectivity index (χ1) is 14.9. The van der Waals surface area contributed by atoms with Gasteiger partial charge in [-0.05, 0) is 50.3 Å². The molecule has 8 heteroatoms. The molecule has 1 amide bonds. The van der Waals surface area contributed by atoms with Crippen LogP contribution in [-0.2, 0) is 20.5 Å². The van der Waals surface area contributed by atoms with Crippen LogP contribution < -0.4 is 0 Å². The minimum atomic E-state index is -0.868. The fourth-order valence-corrected chi connectivity index (χ4v) is 5.55. The number of carbonyl (C=O) groups excluding carboxylic acids is 1. The van der Waals surface area contributed by atoms with Crippen LogP contribution in [0.15, 0.2) is 24.4 Å². The molecule has 0 spiro atoms. The van der Waals surface area contributed by atoms with Gasteiger partial charge in [0.25, 0.3) is 5.91 Å². The first kappa shape index (κ1) is 18.7. The fourth-order valence-electron chi connectivity index (χ4n) is 5.55. The van der Waals surface area contributed by atoms with Crippen molar-refractivity contribution >= 4 is 5.91 Å². The number of benzene rings is 1. The third kappa shape index (κ3) is 2.70. The zero-order valence-corrected chi connectivity index (χ0v) is 17.5. The van der Waals surface area contributed by atoms with E-state index in [1.807, 2.05) is 23.7 Å². The number of aromatic nitrogens is 4. The van der Waals surface area contributed by atoms with E-state index in [0.29, 0.717) is 23.5 Å². The first-order valence-corrected chi connectivity index (χ1v) is 10.8. The van der Waals surface area contributed by atoms with Gasteiger partial charge in [0.1, 0.15) is 0 Å². The second-order valence-corrected chi connectivity index (χ2v) is 8.97. The van der Waals surface area contributed by atoms with E-state index in [0.717, 1.165) is 54.4 Å². The molecule has 3 aromatic rings. The highest BCUT2D eigenvalue weighted by molar-refractivity contribution is 5.96. The quantitative estimate of drug-likeness (QED) is 0.643. The van der Waals surface area contributed by atoms with Gasteiger partial charge < -0.3 is 4.90 Å². The summed E-state index contributed by atoms with van der Waals surface area (Å²) in [6.07, 6.45) is 6.35. The lowest BCUT2D eigenvalue weighted by Gasteiger charge is -2.34. The molecule has 1 aliphatic carbocycles. The summed E-state index contributed by atoms with van der Waals surface area (Å²) in [5.41, 5.74) is 5.08. The summed E-state index contributed by atoms with van der Waals surface area (Å²) < 4.78 is 30.9. The van der Waals surface area contributed by atoms with Crippen molar-refractivity contribution in [3.63, 3.8) is 0 Å².